The van der Waals surface area contributed by atoms with Crippen LogP contribution in [-0.4, -0.2) is 40.7 Å². The lowest BCUT2D eigenvalue weighted by Crippen LogP contribution is -2.36. The number of nitrogens with zero attached hydrogens (tertiary/aromatic N) is 7. The van der Waals surface area contributed by atoms with Crippen molar-refractivity contribution in [3.63, 3.8) is 0 Å². The molecule has 118 valence electrons. The molecule has 0 aliphatic heterocycles. The number of nitrogens with two attached hydrogens (primary N) is 1. The van der Waals surface area contributed by atoms with E-state index in [9.17, 15) is 0 Å². The highest BCUT2D eigenvalue weighted by Gasteiger charge is 2.21. The average molecular weight is 318 g/mol. The smallest absolute Gasteiger partial charge is 0.267 e. The lowest BCUT2D eigenvalue weighted by molar-refractivity contribution is 0.644. The van der Waals surface area contributed by atoms with Crippen molar-refractivity contribution in [3.05, 3.63) is 43.2 Å². The third-order valence-electron chi connectivity index (χ3n) is 4.21. The van der Waals surface area contributed by atoms with E-state index in [0.717, 1.165) is 35.2 Å². The van der Waals surface area contributed by atoms with Gasteiger partial charge in [-0.25, -0.2) is 24.5 Å². The predicted molar refractivity (Wildman–Crippen MR) is 89.3 cm³/mol. The maximum atomic E-state index is 5.77. The molecule has 0 unspecified atom stereocenters. The summed E-state index contributed by atoms with van der Waals surface area (Å²) in [6.07, 6.45) is 12.8. The van der Waals surface area contributed by atoms with Gasteiger partial charge in [-0.15, -0.1) is 5.10 Å². The average Bonchev–Trinajstić information content (AvgIpc) is 3.18. The van der Waals surface area contributed by atoms with Crippen LogP contribution in [-0.2, 0) is 0 Å². The van der Waals surface area contributed by atoms with Crippen molar-refractivity contribution >= 4 is 23.0 Å². The molecular formula is C16H14N8. The summed E-state index contributed by atoms with van der Waals surface area (Å²) in [4.78, 5) is 17.3. The molecule has 0 spiro atoms. The second kappa shape index (κ2) is 4.93. The van der Waals surface area contributed by atoms with Crippen LogP contribution in [0, 0.1) is 0 Å². The van der Waals surface area contributed by atoms with Crippen molar-refractivity contribution in [2.24, 2.45) is 10.7 Å². The van der Waals surface area contributed by atoms with Gasteiger partial charge in [0, 0.05) is 66.7 Å². The number of rotatable bonds is 2. The highest BCUT2D eigenvalue weighted by Crippen LogP contribution is 2.25. The van der Waals surface area contributed by atoms with E-state index < -0.39 is 0 Å². The first kappa shape index (κ1) is 13.3. The molecule has 1 fully saturated rings. The van der Waals surface area contributed by atoms with Gasteiger partial charge in [0.15, 0.2) is 0 Å². The van der Waals surface area contributed by atoms with Crippen LogP contribution < -0.4 is 5.73 Å². The monoisotopic (exact) mass is 318 g/mol. The lowest BCUT2D eigenvalue weighted by atomic mass is 9.91. The van der Waals surface area contributed by atoms with E-state index in [0.29, 0.717) is 11.7 Å². The first-order chi connectivity index (χ1) is 11.8. The largest absolute Gasteiger partial charge is 0.327 e. The molecule has 0 atom stereocenters. The van der Waals surface area contributed by atoms with Gasteiger partial charge >= 0.3 is 0 Å². The van der Waals surface area contributed by atoms with Crippen molar-refractivity contribution in [3.8, 4) is 11.1 Å². The number of fused-ring (bicyclic) bond motifs is 2. The molecule has 0 bridgehead atoms. The Balaban J connectivity index is 1.56. The molecule has 2 N–H and O–H groups in total. The fraction of sp³-hybridized carbons (Fsp3) is 0.188. The molecule has 4 aromatic rings. The zero-order valence-corrected chi connectivity index (χ0v) is 12.7. The molecule has 0 radical (unpaired) electrons. The highest BCUT2D eigenvalue weighted by molar-refractivity contribution is 5.92. The summed E-state index contributed by atoms with van der Waals surface area (Å²) in [6, 6.07) is 2.23. The number of hydrogen-bond donors (Lipinski definition) is 1. The van der Waals surface area contributed by atoms with Crippen LogP contribution in [0.3, 0.4) is 0 Å². The first-order valence-corrected chi connectivity index (χ1v) is 7.72. The van der Waals surface area contributed by atoms with E-state index in [1.54, 1.807) is 16.9 Å². The summed E-state index contributed by atoms with van der Waals surface area (Å²) >= 11 is 0. The first-order valence-electron chi connectivity index (χ1n) is 7.72. The van der Waals surface area contributed by atoms with Crippen molar-refractivity contribution in [2.75, 3.05) is 0 Å². The maximum Gasteiger partial charge on any atom is 0.267 e. The minimum atomic E-state index is 0.233. The summed E-state index contributed by atoms with van der Waals surface area (Å²) in [6.45, 7) is 0. The molecule has 0 amide bonds. The normalized spacial score (nSPS) is 17.4. The molecule has 8 heteroatoms. The standard InChI is InChI=1S/C16H14N8/c17-11-5-12(6-11)21-15-19-8-14-13(1-3-24(14)22-15)10-7-20-16-18-2-4-23(16)9-10/h1-4,7-9,11H,5-6,17H2. The van der Waals surface area contributed by atoms with Crippen LogP contribution in [0.4, 0.5) is 5.95 Å². The summed E-state index contributed by atoms with van der Waals surface area (Å²) in [5.41, 5.74) is 9.74. The Kier molecular flexibility index (Phi) is 2.74. The number of hydrogen-bond acceptors (Lipinski definition) is 6. The molecule has 4 heterocycles. The number of aromatic nitrogens is 6. The summed E-state index contributed by atoms with van der Waals surface area (Å²) in [5, 5.41) is 4.46. The molecular weight excluding hydrogens is 304 g/mol. The Morgan fingerprint density at radius 3 is 2.92 bits per heavy atom. The Hall–Kier alpha value is -3.13. The highest BCUT2D eigenvalue weighted by atomic mass is 15.3. The van der Waals surface area contributed by atoms with Crippen molar-refractivity contribution in [2.45, 2.75) is 18.9 Å². The summed E-state index contributed by atoms with van der Waals surface area (Å²) in [5.74, 6) is 1.14. The van der Waals surface area contributed by atoms with E-state index >= 15 is 0 Å². The molecule has 5 rings (SSSR count). The third-order valence-corrected chi connectivity index (χ3v) is 4.21. The Morgan fingerprint density at radius 1 is 1.12 bits per heavy atom. The molecule has 1 aliphatic rings. The summed E-state index contributed by atoms with van der Waals surface area (Å²) < 4.78 is 3.68. The fourth-order valence-electron chi connectivity index (χ4n) is 2.92. The molecule has 1 aliphatic carbocycles. The Morgan fingerprint density at radius 2 is 2.04 bits per heavy atom. The predicted octanol–water partition coefficient (Wildman–Crippen LogP) is 1.63. The van der Waals surface area contributed by atoms with Crippen LogP contribution in [0.1, 0.15) is 12.8 Å². The Labute approximate surface area is 136 Å². The molecule has 8 nitrogen and oxygen atoms in total. The number of imidazole rings is 1. The van der Waals surface area contributed by atoms with E-state index in [2.05, 4.69) is 25.0 Å². The fourth-order valence-corrected chi connectivity index (χ4v) is 2.92. The molecule has 4 aromatic heterocycles. The van der Waals surface area contributed by atoms with Crippen LogP contribution in [0.5, 0.6) is 0 Å². The van der Waals surface area contributed by atoms with Gasteiger partial charge in [-0.1, -0.05) is 0 Å². The van der Waals surface area contributed by atoms with Crippen LogP contribution in [0.15, 0.2) is 48.2 Å². The van der Waals surface area contributed by atoms with Gasteiger partial charge in [0.1, 0.15) is 0 Å². The quantitative estimate of drug-likeness (QED) is 0.605. The van der Waals surface area contributed by atoms with E-state index in [1.165, 1.54) is 0 Å². The lowest BCUT2D eigenvalue weighted by Gasteiger charge is -2.22. The molecule has 0 saturated heterocycles. The minimum Gasteiger partial charge on any atom is -0.327 e. The van der Waals surface area contributed by atoms with E-state index in [-0.39, 0.29) is 6.04 Å². The van der Waals surface area contributed by atoms with Crippen LogP contribution >= 0.6 is 0 Å². The van der Waals surface area contributed by atoms with Crippen molar-refractivity contribution < 1.29 is 0 Å². The third kappa shape index (κ3) is 2.08. The molecule has 1 saturated carbocycles. The maximum absolute atomic E-state index is 5.77. The zero-order chi connectivity index (χ0) is 16.1. The zero-order valence-electron chi connectivity index (χ0n) is 12.7. The summed E-state index contributed by atoms with van der Waals surface area (Å²) in [7, 11) is 0. The van der Waals surface area contributed by atoms with Crippen molar-refractivity contribution in [1.29, 1.82) is 0 Å². The van der Waals surface area contributed by atoms with Gasteiger partial charge in [-0.2, -0.15) is 0 Å². The van der Waals surface area contributed by atoms with Gasteiger partial charge < -0.3 is 5.73 Å². The van der Waals surface area contributed by atoms with E-state index in [4.69, 9.17) is 5.73 Å². The second-order valence-corrected chi connectivity index (χ2v) is 5.94. The SMILES string of the molecule is NC1CC(=Nc2ncc3c(-c4cnc5nccn5c4)ccn3n2)C1. The number of aliphatic imine (C=N–C) groups is 1. The molecule has 24 heavy (non-hydrogen) atoms. The van der Waals surface area contributed by atoms with Gasteiger partial charge in [-0.05, 0) is 6.07 Å². The van der Waals surface area contributed by atoms with E-state index in [1.807, 2.05) is 35.3 Å². The second-order valence-electron chi connectivity index (χ2n) is 5.94. The van der Waals surface area contributed by atoms with Gasteiger partial charge in [-0.3, -0.25) is 4.40 Å². The topological polar surface area (TPSA) is 98.8 Å². The van der Waals surface area contributed by atoms with Crippen LogP contribution in [0.2, 0.25) is 0 Å². The van der Waals surface area contributed by atoms with Crippen molar-refractivity contribution in [1.82, 2.24) is 29.0 Å². The van der Waals surface area contributed by atoms with Gasteiger partial charge in [0.25, 0.3) is 5.95 Å². The minimum absolute atomic E-state index is 0.233. The van der Waals surface area contributed by atoms with Crippen LogP contribution in [0.25, 0.3) is 22.4 Å². The van der Waals surface area contributed by atoms with Gasteiger partial charge in [0.05, 0.1) is 11.7 Å². The Bertz CT molecular complexity index is 1080. The molecule has 0 aromatic carbocycles. The van der Waals surface area contributed by atoms with Gasteiger partial charge in [0.2, 0.25) is 5.78 Å².